The minimum atomic E-state index is -0.898. The molecule has 4 nitrogen and oxygen atoms in total. The van der Waals surface area contributed by atoms with Gasteiger partial charge in [0.1, 0.15) is 11.5 Å². The zero-order valence-electron chi connectivity index (χ0n) is 12.7. The normalized spacial score (nSPS) is 12.1. The lowest BCUT2D eigenvalue weighted by Crippen LogP contribution is -2.16. The van der Waals surface area contributed by atoms with Crippen LogP contribution < -0.4 is 4.74 Å². The van der Waals surface area contributed by atoms with E-state index in [1.165, 1.54) is 12.1 Å². The van der Waals surface area contributed by atoms with Crippen molar-refractivity contribution in [3.8, 4) is 11.5 Å². The van der Waals surface area contributed by atoms with Gasteiger partial charge in [0.15, 0.2) is 0 Å². The lowest BCUT2D eigenvalue weighted by Gasteiger charge is -2.17. The van der Waals surface area contributed by atoms with Crippen molar-refractivity contribution in [3.63, 3.8) is 0 Å². The van der Waals surface area contributed by atoms with Crippen LogP contribution in [-0.2, 0) is 11.2 Å². The first-order valence-corrected chi connectivity index (χ1v) is 7.23. The molecule has 0 amide bonds. The number of phenolic OH excluding ortho intramolecular Hbond substituents is 1. The molecule has 2 rings (SSSR count). The Hall–Kier alpha value is -2.49. The zero-order chi connectivity index (χ0) is 16.1. The molecule has 0 aromatic heterocycles. The smallest absolute Gasteiger partial charge is 0.311 e. The quantitative estimate of drug-likeness (QED) is 0.855. The lowest BCUT2D eigenvalue weighted by molar-refractivity contribution is -0.138. The van der Waals surface area contributed by atoms with Crippen LogP contribution in [0.4, 0.5) is 0 Å². The summed E-state index contributed by atoms with van der Waals surface area (Å²) < 4.78 is 5.75. The Morgan fingerprint density at radius 1 is 1.09 bits per heavy atom. The number of carboxylic acids is 1. The van der Waals surface area contributed by atoms with E-state index in [0.717, 1.165) is 5.56 Å². The number of carbonyl (C=O) groups is 1. The molecule has 0 heterocycles. The Labute approximate surface area is 130 Å². The first kappa shape index (κ1) is 15.9. The standard InChI is InChI=1S/C18H20O4/c1-12(2)22-17-6-4-3-5-14(17)11-16(18(20)21)13-7-9-15(19)10-8-13/h3-10,12,16,19H,11H2,1-2H3,(H,20,21). The van der Waals surface area contributed by atoms with E-state index in [0.29, 0.717) is 17.7 Å². The molecule has 0 aliphatic carbocycles. The average molecular weight is 300 g/mol. The fourth-order valence-corrected chi connectivity index (χ4v) is 2.32. The van der Waals surface area contributed by atoms with Crippen molar-refractivity contribution >= 4 is 5.97 Å². The van der Waals surface area contributed by atoms with Crippen molar-refractivity contribution in [2.24, 2.45) is 0 Å². The van der Waals surface area contributed by atoms with E-state index in [-0.39, 0.29) is 11.9 Å². The van der Waals surface area contributed by atoms with Crippen LogP contribution in [0.15, 0.2) is 48.5 Å². The molecule has 1 unspecified atom stereocenters. The van der Waals surface area contributed by atoms with Gasteiger partial charge in [0, 0.05) is 0 Å². The maximum absolute atomic E-state index is 11.6. The number of aromatic hydroxyl groups is 1. The van der Waals surface area contributed by atoms with E-state index in [9.17, 15) is 15.0 Å². The minimum absolute atomic E-state index is 0.0260. The molecule has 0 aliphatic heterocycles. The van der Waals surface area contributed by atoms with Crippen molar-refractivity contribution < 1.29 is 19.7 Å². The third-order valence-electron chi connectivity index (χ3n) is 3.35. The third kappa shape index (κ3) is 4.01. The number of ether oxygens (including phenoxy) is 1. The molecule has 2 N–H and O–H groups in total. The molecule has 116 valence electrons. The summed E-state index contributed by atoms with van der Waals surface area (Å²) in [4.78, 5) is 11.6. The van der Waals surface area contributed by atoms with Gasteiger partial charge in [0.25, 0.3) is 0 Å². The van der Waals surface area contributed by atoms with Crippen LogP contribution in [0.2, 0.25) is 0 Å². The summed E-state index contributed by atoms with van der Waals surface area (Å²) in [5.41, 5.74) is 1.52. The maximum Gasteiger partial charge on any atom is 0.311 e. The molecule has 0 fully saturated rings. The molecule has 0 saturated heterocycles. The predicted molar refractivity (Wildman–Crippen MR) is 84.4 cm³/mol. The van der Waals surface area contributed by atoms with Crippen molar-refractivity contribution in [2.75, 3.05) is 0 Å². The second-order valence-electron chi connectivity index (χ2n) is 5.46. The van der Waals surface area contributed by atoms with Crippen molar-refractivity contribution in [2.45, 2.75) is 32.3 Å². The largest absolute Gasteiger partial charge is 0.508 e. The fourth-order valence-electron chi connectivity index (χ4n) is 2.32. The number of rotatable bonds is 6. The number of benzene rings is 2. The summed E-state index contributed by atoms with van der Waals surface area (Å²) in [6.45, 7) is 3.87. The molecular weight excluding hydrogens is 280 g/mol. The average Bonchev–Trinajstić information content (AvgIpc) is 2.46. The number of para-hydroxylation sites is 1. The lowest BCUT2D eigenvalue weighted by atomic mass is 9.91. The van der Waals surface area contributed by atoms with Crippen molar-refractivity contribution in [1.82, 2.24) is 0 Å². The number of hydrogen-bond acceptors (Lipinski definition) is 3. The Balaban J connectivity index is 2.29. The highest BCUT2D eigenvalue weighted by molar-refractivity contribution is 5.76. The molecule has 0 spiro atoms. The van der Waals surface area contributed by atoms with Crippen molar-refractivity contribution in [3.05, 3.63) is 59.7 Å². The van der Waals surface area contributed by atoms with Gasteiger partial charge >= 0.3 is 5.97 Å². The SMILES string of the molecule is CC(C)Oc1ccccc1CC(C(=O)O)c1ccc(O)cc1. The Morgan fingerprint density at radius 2 is 1.73 bits per heavy atom. The topological polar surface area (TPSA) is 66.8 Å². The molecule has 0 radical (unpaired) electrons. The highest BCUT2D eigenvalue weighted by Crippen LogP contribution is 2.28. The third-order valence-corrected chi connectivity index (χ3v) is 3.35. The molecule has 0 aliphatic rings. The van der Waals surface area contributed by atoms with E-state index < -0.39 is 11.9 Å². The molecule has 4 heteroatoms. The van der Waals surface area contributed by atoms with Crippen LogP contribution in [0.1, 0.15) is 30.9 Å². The second-order valence-corrected chi connectivity index (χ2v) is 5.46. The van der Waals surface area contributed by atoms with Crippen LogP contribution in [0, 0.1) is 0 Å². The van der Waals surface area contributed by atoms with Crippen LogP contribution >= 0.6 is 0 Å². The number of carboxylic acid groups (broad SMARTS) is 1. The first-order valence-electron chi connectivity index (χ1n) is 7.23. The summed E-state index contributed by atoms with van der Waals surface area (Å²) >= 11 is 0. The van der Waals surface area contributed by atoms with Gasteiger partial charge in [-0.1, -0.05) is 30.3 Å². The second kappa shape index (κ2) is 6.98. The Kier molecular flexibility index (Phi) is 5.04. The molecule has 2 aromatic carbocycles. The molecule has 1 atom stereocenters. The first-order chi connectivity index (χ1) is 10.5. The van der Waals surface area contributed by atoms with Gasteiger partial charge in [0.05, 0.1) is 12.0 Å². The highest BCUT2D eigenvalue weighted by Gasteiger charge is 2.22. The Bertz CT molecular complexity index is 632. The molecule has 0 bridgehead atoms. The van der Waals surface area contributed by atoms with Gasteiger partial charge in [-0.3, -0.25) is 4.79 Å². The van der Waals surface area contributed by atoms with Gasteiger partial charge in [-0.05, 0) is 49.6 Å². The number of hydrogen-bond donors (Lipinski definition) is 2. The van der Waals surface area contributed by atoms with E-state index in [4.69, 9.17) is 4.74 Å². The van der Waals surface area contributed by atoms with Crippen LogP contribution in [0.3, 0.4) is 0 Å². The molecular formula is C18H20O4. The maximum atomic E-state index is 11.6. The summed E-state index contributed by atoms with van der Waals surface area (Å²) in [5, 5.41) is 18.9. The highest BCUT2D eigenvalue weighted by atomic mass is 16.5. The van der Waals surface area contributed by atoms with Gasteiger partial charge in [0.2, 0.25) is 0 Å². The summed E-state index contributed by atoms with van der Waals surface area (Å²) in [5.74, 6) is -0.749. The predicted octanol–water partition coefficient (Wildman–Crippen LogP) is 3.59. The van der Waals surface area contributed by atoms with Crippen LogP contribution in [-0.4, -0.2) is 22.3 Å². The van der Waals surface area contributed by atoms with E-state index >= 15 is 0 Å². The van der Waals surface area contributed by atoms with E-state index in [1.54, 1.807) is 12.1 Å². The summed E-state index contributed by atoms with van der Waals surface area (Å²) in [6.07, 6.45) is 0.362. The number of phenols is 1. The molecule has 0 saturated carbocycles. The van der Waals surface area contributed by atoms with Crippen LogP contribution in [0.25, 0.3) is 0 Å². The van der Waals surface area contributed by atoms with E-state index in [2.05, 4.69) is 0 Å². The van der Waals surface area contributed by atoms with Gasteiger partial charge in [-0.15, -0.1) is 0 Å². The number of aliphatic carboxylic acids is 1. The zero-order valence-corrected chi connectivity index (χ0v) is 12.7. The van der Waals surface area contributed by atoms with Gasteiger partial charge < -0.3 is 14.9 Å². The minimum Gasteiger partial charge on any atom is -0.508 e. The van der Waals surface area contributed by atoms with E-state index in [1.807, 2.05) is 38.1 Å². The summed E-state index contributed by atoms with van der Waals surface area (Å²) in [7, 11) is 0. The van der Waals surface area contributed by atoms with Gasteiger partial charge in [-0.2, -0.15) is 0 Å². The molecule has 22 heavy (non-hydrogen) atoms. The van der Waals surface area contributed by atoms with Crippen molar-refractivity contribution in [1.29, 1.82) is 0 Å². The Morgan fingerprint density at radius 3 is 2.32 bits per heavy atom. The molecule has 2 aromatic rings. The fraction of sp³-hybridized carbons (Fsp3) is 0.278. The summed E-state index contributed by atoms with van der Waals surface area (Å²) in [6, 6.07) is 13.8. The monoisotopic (exact) mass is 300 g/mol. The van der Waals surface area contributed by atoms with Crippen LogP contribution in [0.5, 0.6) is 11.5 Å². The van der Waals surface area contributed by atoms with Gasteiger partial charge in [-0.25, -0.2) is 0 Å².